The molecule has 0 aliphatic rings. The number of hydrogen-bond donors (Lipinski definition) is 1. The maximum Gasteiger partial charge on any atom is 0.199 e. The predicted octanol–water partition coefficient (Wildman–Crippen LogP) is 0.971. The molecule has 0 saturated carbocycles. The minimum absolute atomic E-state index is 0.0115. The molecule has 0 aliphatic carbocycles. The quantitative estimate of drug-likeness (QED) is 0.791. The van der Waals surface area contributed by atoms with Crippen molar-refractivity contribution in [2.24, 2.45) is 0 Å². The Bertz CT molecular complexity index is 386. The predicted molar refractivity (Wildman–Crippen MR) is 48.2 cm³/mol. The van der Waals surface area contributed by atoms with E-state index in [1.165, 1.54) is 18.3 Å². The fraction of sp³-hybridized carbons (Fsp3) is 0.375. The number of aromatic nitrogens is 1. The first kappa shape index (κ1) is 9.98. The summed E-state index contributed by atoms with van der Waals surface area (Å²) in [6, 6.07) is 2.80. The molecule has 0 fully saturated rings. The van der Waals surface area contributed by atoms with Crippen LogP contribution in [0.1, 0.15) is 13.3 Å². The zero-order chi connectivity index (χ0) is 9.90. The van der Waals surface area contributed by atoms with Crippen molar-refractivity contribution in [3.05, 3.63) is 18.3 Å². The molecule has 1 heterocycles. The van der Waals surface area contributed by atoms with Crippen molar-refractivity contribution in [2.45, 2.75) is 18.4 Å². The van der Waals surface area contributed by atoms with Crippen LogP contribution in [0.2, 0.25) is 0 Å². The molecule has 1 aromatic rings. The topological polar surface area (TPSA) is 67.3 Å². The van der Waals surface area contributed by atoms with Crippen LogP contribution in [0.5, 0.6) is 5.75 Å². The molecule has 5 heteroatoms. The third-order valence-corrected chi connectivity index (χ3v) is 3.37. The van der Waals surface area contributed by atoms with Crippen molar-refractivity contribution in [2.75, 3.05) is 5.75 Å². The Morgan fingerprint density at radius 3 is 2.77 bits per heavy atom. The number of nitrogens with zero attached hydrogens (tertiary/aromatic N) is 1. The fourth-order valence-electron chi connectivity index (χ4n) is 0.987. The highest BCUT2D eigenvalue weighted by Gasteiger charge is 2.18. The van der Waals surface area contributed by atoms with E-state index < -0.39 is 9.84 Å². The number of sulfone groups is 1. The van der Waals surface area contributed by atoms with Gasteiger partial charge in [0, 0.05) is 6.20 Å². The lowest BCUT2D eigenvalue weighted by atomic mass is 10.5. The first-order valence-corrected chi connectivity index (χ1v) is 5.60. The van der Waals surface area contributed by atoms with Crippen LogP contribution >= 0.6 is 0 Å². The first-order chi connectivity index (χ1) is 6.08. The lowest BCUT2D eigenvalue weighted by Gasteiger charge is -2.02. The Hall–Kier alpha value is -1.10. The average molecular weight is 201 g/mol. The molecule has 0 bridgehead atoms. The molecular weight excluding hydrogens is 190 g/mol. The van der Waals surface area contributed by atoms with Gasteiger partial charge >= 0.3 is 0 Å². The van der Waals surface area contributed by atoms with E-state index >= 15 is 0 Å². The van der Waals surface area contributed by atoms with E-state index in [9.17, 15) is 13.5 Å². The van der Waals surface area contributed by atoms with Gasteiger partial charge in [-0.15, -0.1) is 0 Å². The molecule has 0 aromatic carbocycles. The van der Waals surface area contributed by atoms with Gasteiger partial charge in [-0.3, -0.25) is 0 Å². The molecule has 0 aliphatic heterocycles. The smallest absolute Gasteiger partial charge is 0.199 e. The Balaban J connectivity index is 3.15. The van der Waals surface area contributed by atoms with Crippen molar-refractivity contribution in [1.82, 2.24) is 4.98 Å². The summed E-state index contributed by atoms with van der Waals surface area (Å²) in [5.41, 5.74) is 0. The standard InChI is InChI=1S/C8H11NO3S/c1-2-6-13(11,12)8-7(10)4-3-5-9-8/h3-5,10H,2,6H2,1H3. The van der Waals surface area contributed by atoms with Crippen LogP contribution in [0.25, 0.3) is 0 Å². The Labute approximate surface area is 77.2 Å². The zero-order valence-corrected chi connectivity index (χ0v) is 8.08. The van der Waals surface area contributed by atoms with Crippen molar-refractivity contribution >= 4 is 9.84 Å². The molecule has 0 unspecified atom stereocenters. The van der Waals surface area contributed by atoms with Gasteiger partial charge in [0.15, 0.2) is 20.6 Å². The van der Waals surface area contributed by atoms with Gasteiger partial charge < -0.3 is 5.11 Å². The van der Waals surface area contributed by atoms with Crippen LogP contribution in [0, 0.1) is 0 Å². The largest absolute Gasteiger partial charge is 0.505 e. The second kappa shape index (κ2) is 3.74. The van der Waals surface area contributed by atoms with E-state index in [1.807, 2.05) is 0 Å². The Kier molecular flexibility index (Phi) is 2.87. The molecule has 0 atom stereocenters. The highest BCUT2D eigenvalue weighted by Crippen LogP contribution is 2.19. The molecule has 0 saturated heterocycles. The van der Waals surface area contributed by atoms with Crippen molar-refractivity contribution < 1.29 is 13.5 Å². The SMILES string of the molecule is CCCS(=O)(=O)c1ncccc1O. The molecule has 1 rings (SSSR count). The molecule has 1 N–H and O–H groups in total. The van der Waals surface area contributed by atoms with Gasteiger partial charge in [-0.1, -0.05) is 6.92 Å². The Morgan fingerprint density at radius 2 is 2.23 bits per heavy atom. The molecule has 0 radical (unpaired) electrons. The second-order valence-electron chi connectivity index (χ2n) is 2.65. The number of pyridine rings is 1. The van der Waals surface area contributed by atoms with Gasteiger partial charge in [-0.2, -0.15) is 0 Å². The van der Waals surface area contributed by atoms with Crippen LogP contribution < -0.4 is 0 Å². The Morgan fingerprint density at radius 1 is 1.54 bits per heavy atom. The molecular formula is C8H11NO3S. The van der Waals surface area contributed by atoms with Crippen molar-refractivity contribution in [1.29, 1.82) is 0 Å². The fourth-order valence-corrected chi connectivity index (χ4v) is 2.33. The monoisotopic (exact) mass is 201 g/mol. The molecule has 0 amide bonds. The van der Waals surface area contributed by atoms with Gasteiger partial charge in [0.05, 0.1) is 5.75 Å². The molecule has 72 valence electrons. The molecule has 1 aromatic heterocycles. The third kappa shape index (κ3) is 2.18. The third-order valence-electron chi connectivity index (χ3n) is 1.52. The van der Waals surface area contributed by atoms with Gasteiger partial charge in [0.2, 0.25) is 0 Å². The summed E-state index contributed by atoms with van der Waals surface area (Å²) in [5, 5.41) is 9.01. The average Bonchev–Trinajstić information content (AvgIpc) is 2.04. The van der Waals surface area contributed by atoms with Gasteiger partial charge in [0.25, 0.3) is 0 Å². The summed E-state index contributed by atoms with van der Waals surface area (Å²) < 4.78 is 22.9. The maximum absolute atomic E-state index is 11.4. The van der Waals surface area contributed by atoms with Crippen molar-refractivity contribution in [3.63, 3.8) is 0 Å². The van der Waals surface area contributed by atoms with E-state index in [1.54, 1.807) is 6.92 Å². The van der Waals surface area contributed by atoms with E-state index in [-0.39, 0.29) is 16.5 Å². The van der Waals surface area contributed by atoms with Gasteiger partial charge in [-0.25, -0.2) is 13.4 Å². The summed E-state index contributed by atoms with van der Waals surface area (Å²) in [6.45, 7) is 1.76. The van der Waals surface area contributed by atoms with Crippen LogP contribution in [0.3, 0.4) is 0 Å². The molecule has 0 spiro atoms. The lowest BCUT2D eigenvalue weighted by molar-refractivity contribution is 0.452. The number of rotatable bonds is 3. The highest BCUT2D eigenvalue weighted by atomic mass is 32.2. The molecule has 4 nitrogen and oxygen atoms in total. The van der Waals surface area contributed by atoms with Crippen LogP contribution in [-0.4, -0.2) is 24.3 Å². The number of hydrogen-bond acceptors (Lipinski definition) is 4. The molecule has 13 heavy (non-hydrogen) atoms. The van der Waals surface area contributed by atoms with E-state index in [0.717, 1.165) is 0 Å². The summed E-state index contributed by atoms with van der Waals surface area (Å²) in [7, 11) is -3.40. The highest BCUT2D eigenvalue weighted by molar-refractivity contribution is 7.91. The maximum atomic E-state index is 11.4. The second-order valence-corrected chi connectivity index (χ2v) is 4.67. The minimum Gasteiger partial charge on any atom is -0.505 e. The summed E-state index contributed by atoms with van der Waals surface area (Å²) in [6.07, 6.45) is 1.86. The van der Waals surface area contributed by atoms with Gasteiger partial charge in [-0.05, 0) is 18.6 Å². The summed E-state index contributed by atoms with van der Waals surface area (Å²) in [4.78, 5) is 3.63. The van der Waals surface area contributed by atoms with E-state index in [4.69, 9.17) is 0 Å². The zero-order valence-electron chi connectivity index (χ0n) is 7.27. The number of aromatic hydroxyl groups is 1. The van der Waals surface area contributed by atoms with Crippen LogP contribution in [0.4, 0.5) is 0 Å². The normalized spacial score (nSPS) is 11.5. The minimum atomic E-state index is -3.40. The lowest BCUT2D eigenvalue weighted by Crippen LogP contribution is -2.07. The van der Waals surface area contributed by atoms with Crippen LogP contribution in [0.15, 0.2) is 23.4 Å². The van der Waals surface area contributed by atoms with E-state index in [0.29, 0.717) is 6.42 Å². The summed E-state index contributed by atoms with van der Waals surface area (Å²) >= 11 is 0. The van der Waals surface area contributed by atoms with E-state index in [2.05, 4.69) is 4.98 Å². The summed E-state index contributed by atoms with van der Waals surface area (Å²) in [5.74, 6) is -0.270. The van der Waals surface area contributed by atoms with Crippen molar-refractivity contribution in [3.8, 4) is 5.75 Å². The van der Waals surface area contributed by atoms with Crippen LogP contribution in [-0.2, 0) is 9.84 Å². The van der Waals surface area contributed by atoms with Gasteiger partial charge in [0.1, 0.15) is 0 Å². The first-order valence-electron chi connectivity index (χ1n) is 3.94.